The van der Waals surface area contributed by atoms with Crippen molar-refractivity contribution in [3.05, 3.63) is 58.6 Å². The Labute approximate surface area is 139 Å². The first-order chi connectivity index (χ1) is 10.9. The molecule has 1 amide bonds. The van der Waals surface area contributed by atoms with Gasteiger partial charge in [-0.05, 0) is 31.2 Å². The summed E-state index contributed by atoms with van der Waals surface area (Å²) in [5.41, 5.74) is 1.31. The van der Waals surface area contributed by atoms with Crippen LogP contribution in [-0.4, -0.2) is 25.9 Å². The van der Waals surface area contributed by atoms with E-state index in [9.17, 15) is 13.2 Å². The predicted molar refractivity (Wildman–Crippen MR) is 89.8 cm³/mol. The van der Waals surface area contributed by atoms with Crippen molar-refractivity contribution in [2.45, 2.75) is 18.4 Å². The zero-order chi connectivity index (χ0) is 16.9. The molecular weight excluding hydrogens is 334 g/mol. The molecule has 0 unspecified atom stereocenters. The van der Waals surface area contributed by atoms with E-state index in [1.807, 2.05) is 12.3 Å². The average molecular weight is 351 g/mol. The highest BCUT2D eigenvalue weighted by atomic mass is 32.2. The molecule has 0 atom stereocenters. The minimum atomic E-state index is -3.58. The van der Waals surface area contributed by atoms with E-state index in [-0.39, 0.29) is 17.3 Å². The summed E-state index contributed by atoms with van der Waals surface area (Å²) < 4.78 is 26.2. The molecule has 122 valence electrons. The van der Waals surface area contributed by atoms with Crippen LogP contribution in [0.3, 0.4) is 0 Å². The Morgan fingerprint density at radius 2 is 2.04 bits per heavy atom. The molecule has 0 bridgehead atoms. The van der Waals surface area contributed by atoms with E-state index in [4.69, 9.17) is 0 Å². The average Bonchev–Trinajstić information content (AvgIpc) is 2.96. The number of carbonyl (C=O) groups is 1. The Bertz CT molecular complexity index is 796. The van der Waals surface area contributed by atoms with Gasteiger partial charge >= 0.3 is 0 Å². The minimum absolute atomic E-state index is 0.103. The van der Waals surface area contributed by atoms with Crippen molar-refractivity contribution in [2.24, 2.45) is 0 Å². The Hall–Kier alpha value is -2.03. The summed E-state index contributed by atoms with van der Waals surface area (Å²) in [5, 5.41) is 5.49. The Balaban J connectivity index is 2.01. The first-order valence-corrected chi connectivity index (χ1v) is 9.18. The molecule has 0 saturated heterocycles. The number of aryl methyl sites for hydroxylation is 1. The lowest BCUT2D eigenvalue weighted by molar-refractivity contribution is 0.0950. The molecule has 23 heavy (non-hydrogen) atoms. The van der Waals surface area contributed by atoms with Gasteiger partial charge in [0, 0.05) is 23.2 Å². The van der Waals surface area contributed by atoms with Crippen LogP contribution < -0.4 is 10.0 Å². The highest BCUT2D eigenvalue weighted by Gasteiger charge is 2.14. The quantitative estimate of drug-likeness (QED) is 0.745. The number of nitrogens with one attached hydrogen (secondary N) is 2. The first-order valence-electron chi connectivity index (χ1n) is 6.82. The molecule has 0 aliphatic heterocycles. The van der Waals surface area contributed by atoms with Gasteiger partial charge in [0.25, 0.3) is 5.91 Å². The maximum absolute atomic E-state index is 12.0. The Morgan fingerprint density at radius 3 is 2.61 bits per heavy atom. The maximum atomic E-state index is 12.0. The van der Waals surface area contributed by atoms with Crippen LogP contribution in [0, 0.1) is 6.92 Å². The highest BCUT2D eigenvalue weighted by Crippen LogP contribution is 2.11. The van der Waals surface area contributed by atoms with Gasteiger partial charge in [0.1, 0.15) is 5.01 Å². The van der Waals surface area contributed by atoms with Crippen molar-refractivity contribution in [3.8, 4) is 0 Å². The molecular formula is C15H17N3O3S2. The summed E-state index contributed by atoms with van der Waals surface area (Å²) in [6.45, 7) is 5.84. The number of aromatic nitrogens is 1. The summed E-state index contributed by atoms with van der Waals surface area (Å²) >= 11 is 1.48. The standard InChI is InChI=1S/C15H17N3O3S2/c1-3-8-17-23(20,21)13-6-4-12(5-7-13)15(19)16-9-14-18-11(2)10-22-14/h3-7,10,17H,1,8-9H2,2H3,(H,16,19). The van der Waals surface area contributed by atoms with E-state index < -0.39 is 10.0 Å². The molecule has 2 aromatic rings. The van der Waals surface area contributed by atoms with E-state index >= 15 is 0 Å². The van der Waals surface area contributed by atoms with E-state index in [0.717, 1.165) is 10.7 Å². The number of hydrogen-bond acceptors (Lipinski definition) is 5. The largest absolute Gasteiger partial charge is 0.346 e. The van der Waals surface area contributed by atoms with Gasteiger partial charge in [-0.25, -0.2) is 18.1 Å². The molecule has 1 heterocycles. The van der Waals surface area contributed by atoms with Crippen molar-refractivity contribution < 1.29 is 13.2 Å². The third-order valence-electron chi connectivity index (χ3n) is 2.91. The SMILES string of the molecule is C=CCNS(=O)(=O)c1ccc(C(=O)NCc2nc(C)cs2)cc1. The molecule has 2 N–H and O–H groups in total. The number of amides is 1. The number of thiazole rings is 1. The molecule has 1 aromatic heterocycles. The van der Waals surface area contributed by atoms with Gasteiger partial charge in [-0.3, -0.25) is 4.79 Å². The van der Waals surface area contributed by atoms with Crippen LogP contribution in [0.15, 0.2) is 47.2 Å². The number of benzene rings is 1. The van der Waals surface area contributed by atoms with Crippen LogP contribution in [0.1, 0.15) is 21.1 Å². The number of sulfonamides is 1. The molecule has 1 aromatic carbocycles. The fourth-order valence-corrected chi connectivity index (χ4v) is 3.49. The molecule has 6 nitrogen and oxygen atoms in total. The van der Waals surface area contributed by atoms with Crippen molar-refractivity contribution in [2.75, 3.05) is 6.54 Å². The van der Waals surface area contributed by atoms with Crippen molar-refractivity contribution in [1.82, 2.24) is 15.0 Å². The molecule has 0 saturated carbocycles. The van der Waals surface area contributed by atoms with E-state index in [2.05, 4.69) is 21.6 Å². The fourth-order valence-electron chi connectivity index (χ4n) is 1.78. The molecule has 0 aliphatic carbocycles. The van der Waals surface area contributed by atoms with Crippen LogP contribution in [-0.2, 0) is 16.6 Å². The van der Waals surface area contributed by atoms with Gasteiger partial charge in [0.05, 0.1) is 11.4 Å². The zero-order valence-electron chi connectivity index (χ0n) is 12.6. The van der Waals surface area contributed by atoms with Crippen molar-refractivity contribution in [3.63, 3.8) is 0 Å². The lowest BCUT2D eigenvalue weighted by Crippen LogP contribution is -2.24. The Morgan fingerprint density at radius 1 is 1.35 bits per heavy atom. The summed E-state index contributed by atoms with van der Waals surface area (Å²) in [5.74, 6) is -0.277. The van der Waals surface area contributed by atoms with Crippen molar-refractivity contribution >= 4 is 27.3 Å². The summed E-state index contributed by atoms with van der Waals surface area (Å²) in [7, 11) is -3.58. The normalized spacial score (nSPS) is 11.2. The van der Waals surface area contributed by atoms with E-state index in [1.54, 1.807) is 0 Å². The van der Waals surface area contributed by atoms with Gasteiger partial charge in [-0.2, -0.15) is 0 Å². The van der Waals surface area contributed by atoms with Crippen LogP contribution >= 0.6 is 11.3 Å². The number of nitrogens with zero attached hydrogens (tertiary/aromatic N) is 1. The smallest absolute Gasteiger partial charge is 0.251 e. The van der Waals surface area contributed by atoms with Gasteiger partial charge in [-0.15, -0.1) is 17.9 Å². The molecule has 0 aliphatic rings. The molecule has 8 heteroatoms. The molecule has 2 rings (SSSR count). The maximum Gasteiger partial charge on any atom is 0.251 e. The lowest BCUT2D eigenvalue weighted by atomic mass is 10.2. The summed E-state index contributed by atoms with van der Waals surface area (Å²) in [4.78, 5) is 16.4. The third kappa shape index (κ3) is 4.72. The summed E-state index contributed by atoms with van der Waals surface area (Å²) in [6, 6.07) is 5.75. The number of hydrogen-bond donors (Lipinski definition) is 2. The predicted octanol–water partition coefficient (Wildman–Crippen LogP) is 1.85. The number of rotatable bonds is 7. The third-order valence-corrected chi connectivity index (χ3v) is 5.32. The fraction of sp³-hybridized carbons (Fsp3) is 0.200. The van der Waals surface area contributed by atoms with Gasteiger partial charge in [-0.1, -0.05) is 6.08 Å². The van der Waals surface area contributed by atoms with Crippen LogP contribution in [0.4, 0.5) is 0 Å². The first kappa shape index (κ1) is 17.3. The second-order valence-electron chi connectivity index (χ2n) is 4.73. The highest BCUT2D eigenvalue weighted by molar-refractivity contribution is 7.89. The second kappa shape index (κ2) is 7.49. The van der Waals surface area contributed by atoms with Crippen LogP contribution in [0.25, 0.3) is 0 Å². The topological polar surface area (TPSA) is 88.2 Å². The van der Waals surface area contributed by atoms with Crippen LogP contribution in [0.2, 0.25) is 0 Å². The zero-order valence-corrected chi connectivity index (χ0v) is 14.2. The van der Waals surface area contributed by atoms with Gasteiger partial charge < -0.3 is 5.32 Å². The monoisotopic (exact) mass is 351 g/mol. The van der Waals surface area contributed by atoms with Gasteiger partial charge in [0.2, 0.25) is 10.0 Å². The number of carbonyl (C=O) groups excluding carboxylic acids is 1. The van der Waals surface area contributed by atoms with Crippen molar-refractivity contribution in [1.29, 1.82) is 0 Å². The second-order valence-corrected chi connectivity index (χ2v) is 7.44. The van der Waals surface area contributed by atoms with E-state index in [1.165, 1.54) is 41.7 Å². The molecule has 0 radical (unpaired) electrons. The van der Waals surface area contributed by atoms with E-state index in [0.29, 0.717) is 12.1 Å². The summed E-state index contributed by atoms with van der Waals surface area (Å²) in [6.07, 6.45) is 1.46. The van der Waals surface area contributed by atoms with Crippen LogP contribution in [0.5, 0.6) is 0 Å². The minimum Gasteiger partial charge on any atom is -0.346 e. The van der Waals surface area contributed by atoms with Gasteiger partial charge in [0.15, 0.2) is 0 Å². The Kier molecular flexibility index (Phi) is 5.64. The molecule has 0 spiro atoms. The lowest BCUT2D eigenvalue weighted by Gasteiger charge is -2.06. The molecule has 0 fully saturated rings.